The molecule has 1 N–H and O–H groups in total. The Bertz CT molecular complexity index is 1330. The van der Waals surface area contributed by atoms with Crippen LogP contribution < -0.4 is 14.9 Å². The lowest BCUT2D eigenvalue weighted by Gasteiger charge is -2.14. The van der Waals surface area contributed by atoms with Gasteiger partial charge in [0.05, 0.1) is 17.8 Å². The molecule has 166 valence electrons. The van der Waals surface area contributed by atoms with E-state index >= 15 is 0 Å². The summed E-state index contributed by atoms with van der Waals surface area (Å²) in [5.74, 6) is 0.907. The van der Waals surface area contributed by atoms with E-state index in [0.717, 1.165) is 26.4 Å². The molecule has 0 saturated heterocycles. The van der Waals surface area contributed by atoms with Gasteiger partial charge in [-0.25, -0.2) is 5.43 Å². The molecule has 0 aliphatic carbocycles. The first kappa shape index (κ1) is 22.6. The van der Waals surface area contributed by atoms with E-state index in [1.807, 2.05) is 66.7 Å². The van der Waals surface area contributed by atoms with Crippen LogP contribution in [0.15, 0.2) is 88.4 Å². The summed E-state index contributed by atoms with van der Waals surface area (Å²) in [7, 11) is 1.59. The Morgan fingerprint density at radius 1 is 1.03 bits per heavy atom. The number of hydrogen-bond donors (Lipinski definition) is 1. The number of rotatable bonds is 7. The molecular formula is C27H23BrN2O3. The van der Waals surface area contributed by atoms with Crippen LogP contribution in [-0.4, -0.2) is 19.2 Å². The van der Waals surface area contributed by atoms with E-state index in [4.69, 9.17) is 9.47 Å². The van der Waals surface area contributed by atoms with Gasteiger partial charge in [-0.3, -0.25) is 4.79 Å². The highest BCUT2D eigenvalue weighted by Gasteiger charge is 2.13. The van der Waals surface area contributed by atoms with Crippen LogP contribution in [0.1, 0.15) is 27.0 Å². The molecule has 0 bridgehead atoms. The number of fused-ring (bicyclic) bond motifs is 1. The Morgan fingerprint density at radius 2 is 1.79 bits per heavy atom. The normalized spacial score (nSPS) is 11.0. The van der Waals surface area contributed by atoms with Crippen molar-refractivity contribution in [1.29, 1.82) is 0 Å². The summed E-state index contributed by atoms with van der Waals surface area (Å²) in [4.78, 5) is 12.7. The van der Waals surface area contributed by atoms with Crippen molar-refractivity contribution in [2.75, 3.05) is 7.11 Å². The van der Waals surface area contributed by atoms with Crippen LogP contribution >= 0.6 is 15.9 Å². The summed E-state index contributed by atoms with van der Waals surface area (Å²) in [6.07, 6.45) is 1.57. The van der Waals surface area contributed by atoms with Gasteiger partial charge in [-0.2, -0.15) is 5.10 Å². The van der Waals surface area contributed by atoms with Gasteiger partial charge in [0.25, 0.3) is 5.91 Å². The van der Waals surface area contributed by atoms with Gasteiger partial charge >= 0.3 is 0 Å². The first-order chi connectivity index (χ1) is 16.1. The van der Waals surface area contributed by atoms with Crippen LogP contribution in [0.4, 0.5) is 0 Å². The number of hydrogen-bond acceptors (Lipinski definition) is 4. The lowest BCUT2D eigenvalue weighted by molar-refractivity contribution is 0.0957. The standard InChI is InChI=1S/C27H23BrN2O3/c1-18-8-3-4-10-21(18)17-33-26-24(28)14-19(15-25(26)32-2)16-29-30-27(31)23-13-7-11-20-9-5-6-12-22(20)23/h3-16H,17H2,1-2H3,(H,30,31)/b29-16-. The molecule has 0 atom stereocenters. The number of carbonyl (C=O) groups excluding carboxylic acids is 1. The molecule has 0 aromatic heterocycles. The van der Waals surface area contributed by atoms with Gasteiger partial charge in [-0.1, -0.05) is 60.7 Å². The molecule has 4 aromatic rings. The minimum atomic E-state index is -0.271. The fourth-order valence-electron chi connectivity index (χ4n) is 3.53. The van der Waals surface area contributed by atoms with Crippen molar-refractivity contribution >= 4 is 38.8 Å². The van der Waals surface area contributed by atoms with Crippen molar-refractivity contribution in [1.82, 2.24) is 5.43 Å². The van der Waals surface area contributed by atoms with E-state index in [9.17, 15) is 4.79 Å². The Balaban J connectivity index is 1.48. The maximum Gasteiger partial charge on any atom is 0.271 e. The Kier molecular flexibility index (Phi) is 7.05. The molecule has 5 nitrogen and oxygen atoms in total. The number of hydrazone groups is 1. The van der Waals surface area contributed by atoms with E-state index < -0.39 is 0 Å². The second-order valence-electron chi connectivity index (χ2n) is 7.48. The van der Waals surface area contributed by atoms with E-state index in [1.54, 1.807) is 19.4 Å². The number of carbonyl (C=O) groups is 1. The second kappa shape index (κ2) is 10.3. The zero-order valence-electron chi connectivity index (χ0n) is 18.3. The van der Waals surface area contributed by atoms with Crippen molar-refractivity contribution in [3.8, 4) is 11.5 Å². The van der Waals surface area contributed by atoms with Crippen LogP contribution in [0.2, 0.25) is 0 Å². The van der Waals surface area contributed by atoms with Gasteiger partial charge < -0.3 is 9.47 Å². The SMILES string of the molecule is COc1cc(/C=N\NC(=O)c2cccc3ccccc23)cc(Br)c1OCc1ccccc1C. The van der Waals surface area contributed by atoms with Crippen molar-refractivity contribution < 1.29 is 14.3 Å². The van der Waals surface area contributed by atoms with E-state index in [2.05, 4.69) is 39.4 Å². The highest BCUT2D eigenvalue weighted by Crippen LogP contribution is 2.37. The van der Waals surface area contributed by atoms with Crippen molar-refractivity contribution in [2.45, 2.75) is 13.5 Å². The number of benzene rings is 4. The lowest BCUT2D eigenvalue weighted by atomic mass is 10.0. The zero-order chi connectivity index (χ0) is 23.2. The monoisotopic (exact) mass is 502 g/mol. The number of amides is 1. The van der Waals surface area contributed by atoms with Gasteiger partial charge in [0.15, 0.2) is 11.5 Å². The van der Waals surface area contributed by atoms with Gasteiger partial charge in [0.1, 0.15) is 6.61 Å². The molecule has 4 rings (SSSR count). The van der Waals surface area contributed by atoms with Crippen LogP contribution in [0.3, 0.4) is 0 Å². The molecule has 0 aliphatic heterocycles. The van der Waals surface area contributed by atoms with E-state index in [1.165, 1.54) is 5.56 Å². The first-order valence-corrected chi connectivity index (χ1v) is 11.2. The predicted octanol–water partition coefficient (Wildman–Crippen LogP) is 6.26. The van der Waals surface area contributed by atoms with Gasteiger partial charge in [0.2, 0.25) is 0 Å². The highest BCUT2D eigenvalue weighted by molar-refractivity contribution is 9.10. The molecule has 0 heterocycles. The maximum atomic E-state index is 12.7. The predicted molar refractivity (Wildman–Crippen MR) is 135 cm³/mol. The average Bonchev–Trinajstić information content (AvgIpc) is 2.83. The first-order valence-electron chi connectivity index (χ1n) is 10.4. The molecule has 0 unspecified atom stereocenters. The van der Waals surface area contributed by atoms with Crippen molar-refractivity contribution in [3.63, 3.8) is 0 Å². The minimum absolute atomic E-state index is 0.271. The lowest BCUT2D eigenvalue weighted by Crippen LogP contribution is -2.17. The Labute approximate surface area is 201 Å². The number of aryl methyl sites for hydroxylation is 1. The topological polar surface area (TPSA) is 59.9 Å². The fourth-order valence-corrected chi connectivity index (χ4v) is 4.10. The summed E-state index contributed by atoms with van der Waals surface area (Å²) in [6.45, 7) is 2.48. The molecular weight excluding hydrogens is 480 g/mol. The molecule has 0 spiro atoms. The molecule has 6 heteroatoms. The zero-order valence-corrected chi connectivity index (χ0v) is 19.9. The molecule has 1 amide bonds. The number of nitrogens with zero attached hydrogens (tertiary/aromatic N) is 1. The van der Waals surface area contributed by atoms with E-state index in [0.29, 0.717) is 23.7 Å². The maximum absolute atomic E-state index is 12.7. The summed E-state index contributed by atoms with van der Waals surface area (Å²) in [6, 6.07) is 25.1. The quantitative estimate of drug-likeness (QED) is 0.239. The molecule has 0 fully saturated rings. The average molecular weight is 503 g/mol. The van der Waals surface area contributed by atoms with Crippen molar-refractivity contribution in [2.24, 2.45) is 5.10 Å². The summed E-state index contributed by atoms with van der Waals surface area (Å²) in [5.41, 5.74) is 6.20. The van der Waals surface area contributed by atoms with E-state index in [-0.39, 0.29) is 5.91 Å². The third-order valence-electron chi connectivity index (χ3n) is 5.30. The molecule has 33 heavy (non-hydrogen) atoms. The molecule has 0 radical (unpaired) electrons. The molecule has 0 aliphatic rings. The Morgan fingerprint density at radius 3 is 2.61 bits per heavy atom. The van der Waals surface area contributed by atoms with Crippen molar-refractivity contribution in [3.05, 3.63) is 106 Å². The largest absolute Gasteiger partial charge is 0.493 e. The number of methoxy groups -OCH3 is 1. The summed E-state index contributed by atoms with van der Waals surface area (Å²) >= 11 is 3.56. The van der Waals surface area contributed by atoms with Gasteiger partial charge in [0, 0.05) is 5.56 Å². The summed E-state index contributed by atoms with van der Waals surface area (Å²) < 4.78 is 12.3. The summed E-state index contributed by atoms with van der Waals surface area (Å²) in [5, 5.41) is 6.02. The highest BCUT2D eigenvalue weighted by atomic mass is 79.9. The third-order valence-corrected chi connectivity index (χ3v) is 5.89. The third kappa shape index (κ3) is 5.23. The molecule has 0 saturated carbocycles. The fraction of sp³-hybridized carbons (Fsp3) is 0.111. The minimum Gasteiger partial charge on any atom is -0.493 e. The number of ether oxygens (including phenoxy) is 2. The second-order valence-corrected chi connectivity index (χ2v) is 8.33. The molecule has 4 aromatic carbocycles. The number of nitrogens with one attached hydrogen (secondary N) is 1. The van der Waals surface area contributed by atoms with Crippen LogP contribution in [-0.2, 0) is 6.61 Å². The number of halogens is 1. The van der Waals surface area contributed by atoms with Crippen LogP contribution in [0, 0.1) is 6.92 Å². The Hall–Kier alpha value is -3.64. The van der Waals surface area contributed by atoms with Crippen LogP contribution in [0.25, 0.3) is 10.8 Å². The van der Waals surface area contributed by atoms with Gasteiger partial charge in [-0.05, 0) is 68.5 Å². The smallest absolute Gasteiger partial charge is 0.271 e. The van der Waals surface area contributed by atoms with Gasteiger partial charge in [-0.15, -0.1) is 0 Å². The van der Waals surface area contributed by atoms with Crippen LogP contribution in [0.5, 0.6) is 11.5 Å².